The molecule has 0 aliphatic carbocycles. The molecule has 1 saturated heterocycles. The second kappa shape index (κ2) is 7.94. The minimum atomic E-state index is -0.393. The van der Waals surface area contributed by atoms with E-state index < -0.39 is 6.04 Å². The van der Waals surface area contributed by atoms with Gasteiger partial charge in [-0.05, 0) is 25.5 Å². The molecule has 126 valence electrons. The maximum absolute atomic E-state index is 13.0. The Labute approximate surface area is 137 Å². The van der Waals surface area contributed by atoms with Crippen molar-refractivity contribution in [2.75, 3.05) is 26.7 Å². The molecule has 0 radical (unpaired) electrons. The van der Waals surface area contributed by atoms with E-state index in [2.05, 4.69) is 11.9 Å². The number of rotatable bonds is 6. The van der Waals surface area contributed by atoms with E-state index in [9.17, 15) is 9.59 Å². The quantitative estimate of drug-likeness (QED) is 0.804. The molecule has 2 amide bonds. The lowest BCUT2D eigenvalue weighted by Crippen LogP contribution is -2.57. The molecule has 0 spiro atoms. The molecule has 0 aromatic carbocycles. The van der Waals surface area contributed by atoms with Gasteiger partial charge in [0.1, 0.15) is 11.6 Å². The Balaban J connectivity index is 2.26. The van der Waals surface area contributed by atoms with Gasteiger partial charge in [-0.15, -0.1) is 0 Å². The summed E-state index contributed by atoms with van der Waals surface area (Å²) in [5, 5.41) is 0. The molecule has 23 heavy (non-hydrogen) atoms. The Hall–Kier alpha value is -2.11. The number of carbonyl (C=O) groups excluding carboxylic acids is 2. The highest BCUT2D eigenvalue weighted by atomic mass is 16.5. The lowest BCUT2D eigenvalue weighted by molar-refractivity contribution is -0.138. The Morgan fingerprint density at radius 3 is 2.87 bits per heavy atom. The molecule has 6 nitrogen and oxygen atoms in total. The number of aromatic nitrogens is 1. The molecule has 0 N–H and O–H groups in total. The van der Waals surface area contributed by atoms with Crippen LogP contribution in [0.3, 0.4) is 0 Å². The molecule has 1 aromatic rings. The van der Waals surface area contributed by atoms with Crippen LogP contribution in [0.25, 0.3) is 0 Å². The van der Waals surface area contributed by atoms with E-state index in [1.54, 1.807) is 35.2 Å². The molecule has 2 rings (SSSR count). The zero-order valence-corrected chi connectivity index (χ0v) is 14.1. The first-order valence-electron chi connectivity index (χ1n) is 8.23. The fourth-order valence-corrected chi connectivity index (χ4v) is 2.79. The SMILES string of the molecule is CCCCC1C(=O)N(C)CCN1C(=O)c1cccnc1OCC. The molecule has 1 aromatic heterocycles. The second-order valence-electron chi connectivity index (χ2n) is 5.71. The third-order valence-corrected chi connectivity index (χ3v) is 4.09. The lowest BCUT2D eigenvalue weighted by Gasteiger charge is -2.39. The Morgan fingerprint density at radius 1 is 1.39 bits per heavy atom. The van der Waals surface area contributed by atoms with E-state index in [1.807, 2.05) is 6.92 Å². The number of likely N-dealkylation sites (N-methyl/N-ethyl adjacent to an activating group) is 1. The molecule has 1 fully saturated rings. The Morgan fingerprint density at radius 2 is 2.17 bits per heavy atom. The van der Waals surface area contributed by atoms with E-state index in [0.29, 0.717) is 37.6 Å². The van der Waals surface area contributed by atoms with Gasteiger partial charge in [0.05, 0.1) is 6.61 Å². The van der Waals surface area contributed by atoms with E-state index in [-0.39, 0.29) is 11.8 Å². The first kappa shape index (κ1) is 17.2. The number of hydrogen-bond donors (Lipinski definition) is 0. The fourth-order valence-electron chi connectivity index (χ4n) is 2.79. The predicted molar refractivity (Wildman–Crippen MR) is 87.4 cm³/mol. The second-order valence-corrected chi connectivity index (χ2v) is 5.71. The summed E-state index contributed by atoms with van der Waals surface area (Å²) in [5.41, 5.74) is 0.424. The number of carbonyl (C=O) groups is 2. The first-order valence-corrected chi connectivity index (χ1v) is 8.23. The van der Waals surface area contributed by atoms with Crippen molar-refractivity contribution in [3.05, 3.63) is 23.9 Å². The van der Waals surface area contributed by atoms with Crippen molar-refractivity contribution in [2.45, 2.75) is 39.2 Å². The number of nitrogens with zero attached hydrogens (tertiary/aromatic N) is 3. The number of amides is 2. The van der Waals surface area contributed by atoms with Crippen molar-refractivity contribution in [3.8, 4) is 5.88 Å². The van der Waals surface area contributed by atoms with Crippen LogP contribution < -0.4 is 4.74 Å². The van der Waals surface area contributed by atoms with Gasteiger partial charge in [0.15, 0.2) is 0 Å². The summed E-state index contributed by atoms with van der Waals surface area (Å²) in [5.74, 6) is 0.171. The van der Waals surface area contributed by atoms with E-state index in [4.69, 9.17) is 4.74 Å². The highest BCUT2D eigenvalue weighted by molar-refractivity contribution is 5.99. The molecular formula is C17H25N3O3. The summed E-state index contributed by atoms with van der Waals surface area (Å²) in [4.78, 5) is 33.0. The van der Waals surface area contributed by atoms with Crippen molar-refractivity contribution in [1.29, 1.82) is 0 Å². The van der Waals surface area contributed by atoms with Crippen molar-refractivity contribution in [3.63, 3.8) is 0 Å². The lowest BCUT2D eigenvalue weighted by atomic mass is 10.0. The van der Waals surface area contributed by atoms with Crippen molar-refractivity contribution in [1.82, 2.24) is 14.8 Å². The molecule has 1 unspecified atom stereocenters. The number of ether oxygens (including phenoxy) is 1. The van der Waals surface area contributed by atoms with Gasteiger partial charge < -0.3 is 14.5 Å². The molecule has 2 heterocycles. The van der Waals surface area contributed by atoms with E-state index in [1.165, 1.54) is 0 Å². The maximum atomic E-state index is 13.0. The van der Waals surface area contributed by atoms with Crippen molar-refractivity contribution >= 4 is 11.8 Å². The van der Waals surface area contributed by atoms with E-state index >= 15 is 0 Å². The smallest absolute Gasteiger partial charge is 0.260 e. The minimum Gasteiger partial charge on any atom is -0.477 e. The molecule has 1 atom stereocenters. The highest BCUT2D eigenvalue weighted by Gasteiger charge is 2.36. The molecular weight excluding hydrogens is 294 g/mol. The summed E-state index contributed by atoms with van der Waals surface area (Å²) in [6, 6.07) is 3.03. The first-order chi connectivity index (χ1) is 11.1. The van der Waals surface area contributed by atoms with Gasteiger partial charge in [0.25, 0.3) is 5.91 Å². The van der Waals surface area contributed by atoms with E-state index in [0.717, 1.165) is 12.8 Å². The normalized spacial score (nSPS) is 18.2. The van der Waals surface area contributed by atoms with Crippen LogP contribution in [0.5, 0.6) is 5.88 Å². The standard InChI is InChI=1S/C17H25N3O3/c1-4-6-9-14-17(22)19(3)11-12-20(14)16(21)13-8-7-10-18-15(13)23-5-2/h7-8,10,14H,4-6,9,11-12H2,1-3H3. The van der Waals surface area contributed by atoms with Crippen LogP contribution in [-0.4, -0.2) is 59.4 Å². The van der Waals surface area contributed by atoms with Gasteiger partial charge in [-0.1, -0.05) is 19.8 Å². The molecule has 1 aliphatic rings. The largest absolute Gasteiger partial charge is 0.477 e. The van der Waals surface area contributed by atoms with Crippen LogP contribution in [0.2, 0.25) is 0 Å². The van der Waals surface area contributed by atoms with Gasteiger partial charge in [-0.3, -0.25) is 9.59 Å². The number of hydrogen-bond acceptors (Lipinski definition) is 4. The van der Waals surface area contributed by atoms with Crippen LogP contribution >= 0.6 is 0 Å². The monoisotopic (exact) mass is 319 g/mol. The topological polar surface area (TPSA) is 62.7 Å². The van der Waals surface area contributed by atoms with Crippen LogP contribution in [0.15, 0.2) is 18.3 Å². The Kier molecular flexibility index (Phi) is 5.96. The summed E-state index contributed by atoms with van der Waals surface area (Å²) in [7, 11) is 1.79. The van der Waals surface area contributed by atoms with Crippen LogP contribution in [-0.2, 0) is 4.79 Å². The molecule has 0 saturated carbocycles. The average molecular weight is 319 g/mol. The van der Waals surface area contributed by atoms with Gasteiger partial charge in [0.2, 0.25) is 11.8 Å². The Bertz CT molecular complexity index is 562. The van der Waals surface area contributed by atoms with Crippen LogP contribution in [0.4, 0.5) is 0 Å². The van der Waals surface area contributed by atoms with Gasteiger partial charge in [-0.25, -0.2) is 4.98 Å². The molecule has 6 heteroatoms. The third-order valence-electron chi connectivity index (χ3n) is 4.09. The summed E-state index contributed by atoms with van der Waals surface area (Å²) < 4.78 is 5.46. The van der Waals surface area contributed by atoms with Gasteiger partial charge in [0, 0.05) is 26.3 Å². The summed E-state index contributed by atoms with van der Waals surface area (Å²) in [6.07, 6.45) is 4.20. The van der Waals surface area contributed by atoms with Crippen LogP contribution in [0.1, 0.15) is 43.5 Å². The third kappa shape index (κ3) is 3.81. The molecule has 0 bridgehead atoms. The van der Waals surface area contributed by atoms with Crippen molar-refractivity contribution in [2.24, 2.45) is 0 Å². The highest BCUT2D eigenvalue weighted by Crippen LogP contribution is 2.22. The number of pyridine rings is 1. The van der Waals surface area contributed by atoms with Crippen molar-refractivity contribution < 1.29 is 14.3 Å². The fraction of sp³-hybridized carbons (Fsp3) is 0.588. The summed E-state index contributed by atoms with van der Waals surface area (Å²) in [6.45, 7) is 5.47. The van der Waals surface area contributed by atoms with Crippen LogP contribution in [0, 0.1) is 0 Å². The number of piperazine rings is 1. The van der Waals surface area contributed by atoms with Gasteiger partial charge in [-0.2, -0.15) is 0 Å². The molecule has 1 aliphatic heterocycles. The maximum Gasteiger partial charge on any atom is 0.260 e. The average Bonchev–Trinajstić information content (AvgIpc) is 2.56. The minimum absolute atomic E-state index is 0.0138. The summed E-state index contributed by atoms with van der Waals surface area (Å²) >= 11 is 0. The number of unbranched alkanes of at least 4 members (excludes halogenated alkanes) is 1. The predicted octanol–water partition coefficient (Wildman–Crippen LogP) is 1.95. The zero-order chi connectivity index (χ0) is 16.8. The zero-order valence-electron chi connectivity index (χ0n) is 14.1. The van der Waals surface area contributed by atoms with Gasteiger partial charge >= 0.3 is 0 Å².